The van der Waals surface area contributed by atoms with E-state index in [9.17, 15) is 20.0 Å². The lowest BCUT2D eigenvalue weighted by Crippen LogP contribution is -2.32. The number of ketones is 1. The SMILES string of the molecule is COc1cc(C2C(C#N)=C(SCC(=O)N(c3ccccc3)c3ccccc3)NC3=C2C(=O)CCC3)ccc1O. The third-order valence-electron chi connectivity index (χ3n) is 6.82. The monoisotopic (exact) mass is 537 g/mol. The Labute approximate surface area is 231 Å². The molecule has 196 valence electrons. The molecule has 0 bridgehead atoms. The quantitative estimate of drug-likeness (QED) is 0.385. The van der Waals surface area contributed by atoms with Crippen LogP contribution in [0.2, 0.25) is 0 Å². The summed E-state index contributed by atoms with van der Waals surface area (Å²) in [5.41, 5.74) is 3.87. The van der Waals surface area contributed by atoms with Crippen molar-refractivity contribution < 1.29 is 19.4 Å². The van der Waals surface area contributed by atoms with Crippen LogP contribution in [0.3, 0.4) is 0 Å². The van der Waals surface area contributed by atoms with E-state index in [1.165, 1.54) is 24.9 Å². The molecule has 1 atom stereocenters. The number of anilines is 2. The smallest absolute Gasteiger partial charge is 0.241 e. The van der Waals surface area contributed by atoms with Gasteiger partial charge in [-0.15, -0.1) is 0 Å². The van der Waals surface area contributed by atoms with Crippen molar-refractivity contribution in [2.24, 2.45) is 0 Å². The Kier molecular flexibility index (Phi) is 7.71. The molecule has 8 heteroatoms. The van der Waals surface area contributed by atoms with Crippen molar-refractivity contribution in [3.05, 3.63) is 106 Å². The third kappa shape index (κ3) is 5.27. The van der Waals surface area contributed by atoms with Crippen LogP contribution in [0.1, 0.15) is 30.7 Å². The minimum Gasteiger partial charge on any atom is -0.504 e. The highest BCUT2D eigenvalue weighted by Crippen LogP contribution is 2.45. The van der Waals surface area contributed by atoms with Gasteiger partial charge >= 0.3 is 0 Å². The van der Waals surface area contributed by atoms with Crippen molar-refractivity contribution in [3.63, 3.8) is 0 Å². The minimum atomic E-state index is -0.620. The van der Waals surface area contributed by atoms with Crippen LogP contribution in [-0.4, -0.2) is 29.7 Å². The number of hydrogen-bond acceptors (Lipinski definition) is 7. The number of allylic oxidation sites excluding steroid dienone is 3. The molecule has 2 N–H and O–H groups in total. The number of para-hydroxylation sites is 2. The second kappa shape index (κ2) is 11.5. The lowest BCUT2D eigenvalue weighted by molar-refractivity contribution is -0.116. The molecule has 0 spiro atoms. The number of hydrogen-bond donors (Lipinski definition) is 2. The van der Waals surface area contributed by atoms with E-state index in [2.05, 4.69) is 11.4 Å². The maximum atomic E-state index is 13.7. The molecule has 0 fully saturated rings. The molecular weight excluding hydrogens is 510 g/mol. The summed E-state index contributed by atoms with van der Waals surface area (Å²) in [5, 5.41) is 24.3. The summed E-state index contributed by atoms with van der Waals surface area (Å²) in [5.74, 6) is -0.465. The number of rotatable bonds is 7. The second-order valence-corrected chi connectivity index (χ2v) is 10.2. The van der Waals surface area contributed by atoms with E-state index in [4.69, 9.17) is 4.74 Å². The number of benzene rings is 3. The summed E-state index contributed by atoms with van der Waals surface area (Å²) in [6, 6.07) is 26.0. The third-order valence-corrected chi connectivity index (χ3v) is 7.82. The van der Waals surface area contributed by atoms with Crippen LogP contribution >= 0.6 is 11.8 Å². The molecular formula is C31H27N3O4S. The largest absolute Gasteiger partial charge is 0.504 e. The Morgan fingerprint density at radius 1 is 1.08 bits per heavy atom. The van der Waals surface area contributed by atoms with Gasteiger partial charge in [0.1, 0.15) is 0 Å². The first-order valence-corrected chi connectivity index (χ1v) is 13.6. The first-order valence-electron chi connectivity index (χ1n) is 12.6. The molecule has 5 rings (SSSR count). The van der Waals surface area contributed by atoms with Crippen molar-refractivity contribution in [1.82, 2.24) is 5.32 Å². The fourth-order valence-electron chi connectivity index (χ4n) is 5.03. The predicted molar refractivity (Wildman–Crippen MR) is 152 cm³/mol. The number of amides is 1. The summed E-state index contributed by atoms with van der Waals surface area (Å²) >= 11 is 1.25. The zero-order valence-electron chi connectivity index (χ0n) is 21.4. The van der Waals surface area contributed by atoms with Gasteiger partial charge in [0, 0.05) is 29.1 Å². The molecule has 0 radical (unpaired) electrons. The molecule has 0 saturated heterocycles. The van der Waals surface area contributed by atoms with Crippen LogP contribution in [0.25, 0.3) is 0 Å². The number of dihydropyridines is 1. The lowest BCUT2D eigenvalue weighted by atomic mass is 9.77. The molecule has 1 aliphatic carbocycles. The number of nitrogens with zero attached hydrogens (tertiary/aromatic N) is 2. The first kappa shape index (κ1) is 26.1. The van der Waals surface area contributed by atoms with Crippen LogP contribution in [-0.2, 0) is 9.59 Å². The number of phenolic OH excluding ortho intramolecular Hbond substituents is 1. The topological polar surface area (TPSA) is 103 Å². The fourth-order valence-corrected chi connectivity index (χ4v) is 5.95. The van der Waals surface area contributed by atoms with Crippen LogP contribution in [0.5, 0.6) is 11.5 Å². The standard InChI is InChI=1S/C31H27N3O4S/c1-38-27-17-20(15-16-25(27)35)29-23(18-32)31(33-24-13-8-14-26(36)30(24)29)39-19-28(37)34(21-9-4-2-5-10-21)22-11-6-3-7-12-22/h2-7,9-12,15-17,29,33,35H,8,13-14,19H2,1H3. The average molecular weight is 538 g/mol. The van der Waals surface area contributed by atoms with Crippen LogP contribution < -0.4 is 15.0 Å². The van der Waals surface area contributed by atoms with Gasteiger partial charge < -0.3 is 15.2 Å². The second-order valence-electron chi connectivity index (χ2n) is 9.20. The molecule has 39 heavy (non-hydrogen) atoms. The van der Waals surface area contributed by atoms with E-state index >= 15 is 0 Å². The summed E-state index contributed by atoms with van der Waals surface area (Å²) in [6.45, 7) is 0. The molecule has 7 nitrogen and oxygen atoms in total. The van der Waals surface area contributed by atoms with Crippen molar-refractivity contribution in [3.8, 4) is 17.6 Å². The van der Waals surface area contributed by atoms with Gasteiger partial charge in [-0.1, -0.05) is 54.2 Å². The Morgan fingerprint density at radius 2 is 1.74 bits per heavy atom. The van der Waals surface area contributed by atoms with Gasteiger partial charge in [0.25, 0.3) is 0 Å². The van der Waals surface area contributed by atoms with Gasteiger partial charge in [-0.05, 0) is 54.8 Å². The number of nitrogens with one attached hydrogen (secondary N) is 1. The van der Waals surface area contributed by atoms with Crippen molar-refractivity contribution in [2.45, 2.75) is 25.2 Å². The molecule has 1 heterocycles. The highest BCUT2D eigenvalue weighted by atomic mass is 32.2. The number of thioether (sulfide) groups is 1. The number of carbonyl (C=O) groups excluding carboxylic acids is 2. The van der Waals surface area contributed by atoms with Gasteiger partial charge in [-0.25, -0.2) is 0 Å². The van der Waals surface area contributed by atoms with Gasteiger partial charge in [0.2, 0.25) is 5.91 Å². The summed E-state index contributed by atoms with van der Waals surface area (Å²) in [6.07, 6.45) is 1.80. The number of carbonyl (C=O) groups is 2. The molecule has 0 saturated carbocycles. The Balaban J connectivity index is 1.50. The van der Waals surface area contributed by atoms with Gasteiger partial charge in [0.05, 0.1) is 35.5 Å². The number of Topliss-reactive ketones (excluding diaryl/α,β-unsaturated/α-hetero) is 1. The maximum absolute atomic E-state index is 13.7. The Morgan fingerprint density at radius 3 is 2.36 bits per heavy atom. The van der Waals surface area contributed by atoms with Crippen LogP contribution in [0.4, 0.5) is 11.4 Å². The lowest BCUT2D eigenvalue weighted by Gasteiger charge is -2.33. The Hall–Kier alpha value is -4.48. The van der Waals surface area contributed by atoms with E-state index in [0.29, 0.717) is 41.0 Å². The maximum Gasteiger partial charge on any atom is 0.241 e. The average Bonchev–Trinajstić information content (AvgIpc) is 2.97. The summed E-state index contributed by atoms with van der Waals surface area (Å²) in [4.78, 5) is 28.4. The van der Waals surface area contributed by atoms with E-state index < -0.39 is 5.92 Å². The molecule has 3 aromatic rings. The zero-order valence-corrected chi connectivity index (χ0v) is 22.2. The zero-order chi connectivity index (χ0) is 27.4. The first-order chi connectivity index (χ1) is 19.0. The fraction of sp³-hybridized carbons (Fsp3) is 0.194. The molecule has 2 aliphatic rings. The molecule has 1 amide bonds. The minimum absolute atomic E-state index is 0.00648. The highest BCUT2D eigenvalue weighted by molar-refractivity contribution is 8.03. The number of methoxy groups -OCH3 is 1. The van der Waals surface area contributed by atoms with Crippen molar-refractivity contribution in [1.29, 1.82) is 5.26 Å². The van der Waals surface area contributed by atoms with E-state index in [1.807, 2.05) is 60.7 Å². The van der Waals surface area contributed by atoms with Gasteiger partial charge in [-0.3, -0.25) is 14.5 Å². The van der Waals surface area contributed by atoms with Crippen molar-refractivity contribution in [2.75, 3.05) is 17.8 Å². The van der Waals surface area contributed by atoms with E-state index in [1.54, 1.807) is 17.0 Å². The number of phenols is 1. The summed E-state index contributed by atoms with van der Waals surface area (Å²) < 4.78 is 5.30. The summed E-state index contributed by atoms with van der Waals surface area (Å²) in [7, 11) is 1.46. The molecule has 3 aromatic carbocycles. The normalized spacial score (nSPS) is 16.7. The molecule has 1 aliphatic heterocycles. The van der Waals surface area contributed by atoms with Crippen LogP contribution in [0.15, 0.2) is 101 Å². The Bertz CT molecular complexity index is 1470. The van der Waals surface area contributed by atoms with Gasteiger partial charge in [-0.2, -0.15) is 5.26 Å². The molecule has 1 unspecified atom stereocenters. The van der Waals surface area contributed by atoms with Crippen LogP contribution in [0, 0.1) is 11.3 Å². The van der Waals surface area contributed by atoms with E-state index in [-0.39, 0.29) is 28.9 Å². The van der Waals surface area contributed by atoms with Crippen molar-refractivity contribution >= 4 is 34.8 Å². The predicted octanol–water partition coefficient (Wildman–Crippen LogP) is 5.93. The molecule has 0 aromatic heterocycles. The number of nitriles is 1. The van der Waals surface area contributed by atoms with Gasteiger partial charge in [0.15, 0.2) is 17.3 Å². The number of ether oxygens (including phenoxy) is 1. The number of aromatic hydroxyl groups is 1. The highest BCUT2D eigenvalue weighted by Gasteiger charge is 2.37. The van der Waals surface area contributed by atoms with E-state index in [0.717, 1.165) is 17.1 Å².